The van der Waals surface area contributed by atoms with Crippen LogP contribution in [-0.4, -0.2) is 0 Å². The lowest BCUT2D eigenvalue weighted by Crippen LogP contribution is -2.29. The summed E-state index contributed by atoms with van der Waals surface area (Å²) in [5.74, 6) is 5.68. The van der Waals surface area contributed by atoms with Crippen molar-refractivity contribution in [2.45, 2.75) is 26.3 Å². The SMILES string of the molecule is Cc1cc(C)cc(CC(NN)c2cc(Br)cs2)c1. The van der Waals surface area contributed by atoms with Gasteiger partial charge in [-0.1, -0.05) is 29.3 Å². The van der Waals surface area contributed by atoms with Crippen LogP contribution >= 0.6 is 27.3 Å². The number of hydrazine groups is 1. The number of rotatable bonds is 4. The minimum Gasteiger partial charge on any atom is -0.271 e. The van der Waals surface area contributed by atoms with Crippen LogP contribution in [0.3, 0.4) is 0 Å². The van der Waals surface area contributed by atoms with E-state index in [2.05, 4.69) is 64.8 Å². The van der Waals surface area contributed by atoms with Gasteiger partial charge in [0.1, 0.15) is 0 Å². The van der Waals surface area contributed by atoms with E-state index in [1.165, 1.54) is 21.6 Å². The molecule has 0 aliphatic carbocycles. The Morgan fingerprint density at radius 3 is 2.39 bits per heavy atom. The maximum atomic E-state index is 5.68. The second kappa shape index (κ2) is 5.97. The molecular formula is C14H17BrN2S. The molecule has 1 aromatic carbocycles. The molecule has 18 heavy (non-hydrogen) atoms. The molecule has 0 aliphatic rings. The number of halogens is 1. The van der Waals surface area contributed by atoms with Gasteiger partial charge < -0.3 is 0 Å². The highest BCUT2D eigenvalue weighted by molar-refractivity contribution is 9.10. The summed E-state index contributed by atoms with van der Waals surface area (Å²) < 4.78 is 1.11. The molecule has 4 heteroatoms. The Balaban J connectivity index is 2.20. The summed E-state index contributed by atoms with van der Waals surface area (Å²) in [6, 6.07) is 8.93. The second-order valence-electron chi connectivity index (χ2n) is 4.59. The van der Waals surface area contributed by atoms with E-state index in [9.17, 15) is 0 Å². The summed E-state index contributed by atoms with van der Waals surface area (Å²) in [4.78, 5) is 1.25. The molecule has 0 aliphatic heterocycles. The van der Waals surface area contributed by atoms with Gasteiger partial charge in [-0.2, -0.15) is 0 Å². The van der Waals surface area contributed by atoms with Crippen LogP contribution in [0.5, 0.6) is 0 Å². The number of hydrogen-bond donors (Lipinski definition) is 2. The number of thiophene rings is 1. The van der Waals surface area contributed by atoms with Crippen molar-refractivity contribution in [2.75, 3.05) is 0 Å². The van der Waals surface area contributed by atoms with E-state index in [-0.39, 0.29) is 6.04 Å². The third-order valence-electron chi connectivity index (χ3n) is 2.85. The number of nitrogens with one attached hydrogen (secondary N) is 1. The summed E-state index contributed by atoms with van der Waals surface area (Å²) in [6.07, 6.45) is 0.909. The molecule has 3 N–H and O–H groups in total. The summed E-state index contributed by atoms with van der Waals surface area (Å²) >= 11 is 5.20. The Kier molecular flexibility index (Phi) is 4.56. The van der Waals surface area contributed by atoms with Crippen LogP contribution in [0, 0.1) is 13.8 Å². The second-order valence-corrected chi connectivity index (χ2v) is 6.45. The average Bonchev–Trinajstić information content (AvgIpc) is 2.71. The molecule has 0 radical (unpaired) electrons. The van der Waals surface area contributed by atoms with Gasteiger partial charge in [0, 0.05) is 14.7 Å². The van der Waals surface area contributed by atoms with E-state index in [1.807, 2.05) is 0 Å². The number of nitrogens with two attached hydrogens (primary N) is 1. The predicted molar refractivity (Wildman–Crippen MR) is 81.7 cm³/mol. The Hall–Kier alpha value is -0.680. The molecule has 0 saturated heterocycles. The normalized spacial score (nSPS) is 12.7. The van der Waals surface area contributed by atoms with Crippen molar-refractivity contribution in [2.24, 2.45) is 5.84 Å². The molecule has 1 heterocycles. The fourth-order valence-electron chi connectivity index (χ4n) is 2.18. The molecule has 1 unspecified atom stereocenters. The summed E-state index contributed by atoms with van der Waals surface area (Å²) in [5, 5.41) is 2.08. The van der Waals surface area contributed by atoms with E-state index in [0.717, 1.165) is 10.9 Å². The molecule has 2 rings (SSSR count). The van der Waals surface area contributed by atoms with Crippen LogP contribution in [0.2, 0.25) is 0 Å². The minimum atomic E-state index is 0.169. The maximum absolute atomic E-state index is 5.68. The quantitative estimate of drug-likeness (QED) is 0.661. The van der Waals surface area contributed by atoms with E-state index in [0.29, 0.717) is 0 Å². The molecule has 0 spiro atoms. The molecule has 0 bridgehead atoms. The van der Waals surface area contributed by atoms with Crippen molar-refractivity contribution in [3.8, 4) is 0 Å². The van der Waals surface area contributed by atoms with Crippen LogP contribution in [0.15, 0.2) is 34.1 Å². The fraction of sp³-hybridized carbons (Fsp3) is 0.286. The zero-order valence-electron chi connectivity index (χ0n) is 10.5. The molecule has 2 aromatic rings. The van der Waals surface area contributed by atoms with Gasteiger partial charge in [0.15, 0.2) is 0 Å². The van der Waals surface area contributed by atoms with Crippen molar-refractivity contribution >= 4 is 27.3 Å². The molecule has 1 atom stereocenters. The van der Waals surface area contributed by atoms with Crippen LogP contribution in [0.1, 0.15) is 27.6 Å². The third-order valence-corrected chi connectivity index (χ3v) is 4.66. The molecule has 1 aromatic heterocycles. The summed E-state index contributed by atoms with van der Waals surface area (Å²) in [7, 11) is 0. The molecule has 96 valence electrons. The first-order valence-corrected chi connectivity index (χ1v) is 7.53. The predicted octanol–water partition coefficient (Wildman–Crippen LogP) is 3.87. The van der Waals surface area contributed by atoms with E-state index < -0.39 is 0 Å². The largest absolute Gasteiger partial charge is 0.271 e. The monoisotopic (exact) mass is 324 g/mol. The Morgan fingerprint density at radius 2 is 1.89 bits per heavy atom. The van der Waals surface area contributed by atoms with E-state index in [1.54, 1.807) is 11.3 Å². The first-order valence-electron chi connectivity index (χ1n) is 5.85. The zero-order valence-corrected chi connectivity index (χ0v) is 12.9. The molecule has 0 amide bonds. The Morgan fingerprint density at radius 1 is 1.22 bits per heavy atom. The smallest absolute Gasteiger partial charge is 0.0593 e. The van der Waals surface area contributed by atoms with Gasteiger partial charge >= 0.3 is 0 Å². The third kappa shape index (κ3) is 3.42. The van der Waals surface area contributed by atoms with Gasteiger partial charge in [-0.25, -0.2) is 0 Å². The highest BCUT2D eigenvalue weighted by atomic mass is 79.9. The standard InChI is InChI=1S/C14H17BrN2S/c1-9-3-10(2)5-11(4-9)6-13(17-16)14-7-12(15)8-18-14/h3-5,7-8,13,17H,6,16H2,1-2H3. The molecule has 2 nitrogen and oxygen atoms in total. The van der Waals surface area contributed by atoms with E-state index >= 15 is 0 Å². The van der Waals surface area contributed by atoms with Gasteiger partial charge in [0.25, 0.3) is 0 Å². The van der Waals surface area contributed by atoms with E-state index in [4.69, 9.17) is 5.84 Å². The highest BCUT2D eigenvalue weighted by Crippen LogP contribution is 2.27. The van der Waals surface area contributed by atoms with Crippen LogP contribution < -0.4 is 11.3 Å². The summed E-state index contributed by atoms with van der Waals surface area (Å²) in [6.45, 7) is 4.26. The number of hydrogen-bond acceptors (Lipinski definition) is 3. The Bertz CT molecular complexity index is 516. The van der Waals surface area contributed by atoms with Gasteiger partial charge in [-0.05, 0) is 47.8 Å². The lowest BCUT2D eigenvalue weighted by atomic mass is 10.0. The first kappa shape index (κ1) is 13.7. The summed E-state index contributed by atoms with van der Waals surface area (Å²) in [5.41, 5.74) is 6.83. The minimum absolute atomic E-state index is 0.169. The highest BCUT2D eigenvalue weighted by Gasteiger charge is 2.13. The van der Waals surface area contributed by atoms with Gasteiger partial charge in [0.2, 0.25) is 0 Å². The Labute approximate surface area is 120 Å². The lowest BCUT2D eigenvalue weighted by molar-refractivity contribution is 0.560. The topological polar surface area (TPSA) is 38.0 Å². The van der Waals surface area contributed by atoms with Crippen LogP contribution in [0.4, 0.5) is 0 Å². The zero-order chi connectivity index (χ0) is 13.1. The van der Waals surface area contributed by atoms with Crippen molar-refractivity contribution in [1.82, 2.24) is 5.43 Å². The van der Waals surface area contributed by atoms with Crippen LogP contribution in [-0.2, 0) is 6.42 Å². The molecule has 0 saturated carbocycles. The first-order chi connectivity index (χ1) is 8.58. The van der Waals surface area contributed by atoms with Gasteiger partial charge in [-0.15, -0.1) is 11.3 Å². The average molecular weight is 325 g/mol. The fourth-order valence-corrected chi connectivity index (χ4v) is 3.68. The van der Waals surface area contributed by atoms with Gasteiger partial charge in [-0.3, -0.25) is 11.3 Å². The van der Waals surface area contributed by atoms with Crippen molar-refractivity contribution < 1.29 is 0 Å². The van der Waals surface area contributed by atoms with Gasteiger partial charge in [0.05, 0.1) is 6.04 Å². The van der Waals surface area contributed by atoms with Crippen LogP contribution in [0.25, 0.3) is 0 Å². The molecule has 0 fully saturated rings. The number of benzene rings is 1. The van der Waals surface area contributed by atoms with Crippen molar-refractivity contribution in [3.63, 3.8) is 0 Å². The van der Waals surface area contributed by atoms with Crippen molar-refractivity contribution in [1.29, 1.82) is 0 Å². The molecular weight excluding hydrogens is 308 g/mol. The number of aryl methyl sites for hydroxylation is 2. The maximum Gasteiger partial charge on any atom is 0.0593 e. The van der Waals surface area contributed by atoms with Crippen molar-refractivity contribution in [3.05, 3.63) is 55.7 Å². The lowest BCUT2D eigenvalue weighted by Gasteiger charge is -2.15.